The highest BCUT2D eigenvalue weighted by Crippen LogP contribution is 2.50. The molecule has 1 aliphatic carbocycles. The summed E-state index contributed by atoms with van der Waals surface area (Å²) >= 11 is 6.64. The Morgan fingerprint density at radius 2 is 1.97 bits per heavy atom. The third-order valence-electron chi connectivity index (χ3n) is 7.34. The van der Waals surface area contributed by atoms with Crippen LogP contribution in [-0.4, -0.2) is 46.0 Å². The van der Waals surface area contributed by atoms with Gasteiger partial charge in [-0.2, -0.15) is 0 Å². The molecule has 2 aliphatic heterocycles. The van der Waals surface area contributed by atoms with Crippen LogP contribution in [0.4, 0.5) is 6.01 Å². The molecule has 1 saturated carbocycles. The van der Waals surface area contributed by atoms with Crippen molar-refractivity contribution in [3.63, 3.8) is 0 Å². The Morgan fingerprint density at radius 1 is 1.16 bits per heavy atom. The van der Waals surface area contributed by atoms with E-state index in [1.165, 1.54) is 4.90 Å². The number of carbonyl (C=O) groups excluding carboxylic acids is 3. The first-order valence-electron chi connectivity index (χ1n) is 12.0. The predicted molar refractivity (Wildman–Crippen MR) is 133 cm³/mol. The van der Waals surface area contributed by atoms with Gasteiger partial charge in [0.1, 0.15) is 11.8 Å². The van der Waals surface area contributed by atoms with Crippen molar-refractivity contribution >= 4 is 35.3 Å². The molecule has 1 aromatic heterocycles. The number of ether oxygens (including phenoxy) is 1. The number of hydrogen-bond acceptors (Lipinski definition) is 8. The van der Waals surface area contributed by atoms with E-state index in [0.717, 1.165) is 35.3 Å². The molecule has 3 aliphatic rings. The molecular weight excluding hydrogens is 498 g/mol. The topological polar surface area (TPSA) is 127 Å². The van der Waals surface area contributed by atoms with E-state index in [0.29, 0.717) is 28.5 Å². The number of anilines is 1. The maximum atomic E-state index is 13.3. The van der Waals surface area contributed by atoms with E-state index >= 15 is 0 Å². The Hall–Kier alpha value is -3.92. The van der Waals surface area contributed by atoms with Gasteiger partial charge in [-0.3, -0.25) is 19.7 Å². The zero-order valence-electron chi connectivity index (χ0n) is 20.3. The van der Waals surface area contributed by atoms with Gasteiger partial charge in [0.2, 0.25) is 17.7 Å². The molecule has 2 fully saturated rings. The fourth-order valence-electron chi connectivity index (χ4n) is 5.09. The maximum absolute atomic E-state index is 13.3. The molecule has 3 aromatic rings. The molecule has 0 radical (unpaired) electrons. The van der Waals surface area contributed by atoms with Crippen molar-refractivity contribution in [2.45, 2.75) is 50.7 Å². The minimum atomic E-state index is -0.691. The van der Waals surface area contributed by atoms with Crippen LogP contribution in [0.5, 0.6) is 5.75 Å². The summed E-state index contributed by atoms with van der Waals surface area (Å²) in [5.41, 5.74) is 3.27. The van der Waals surface area contributed by atoms with Gasteiger partial charge < -0.3 is 19.4 Å². The number of carbonyl (C=O) groups is 3. The number of amides is 3. The minimum Gasteiger partial charge on any atom is -0.497 e. The van der Waals surface area contributed by atoms with Gasteiger partial charge in [-0.05, 0) is 67.6 Å². The minimum absolute atomic E-state index is 0.199. The van der Waals surface area contributed by atoms with E-state index in [9.17, 15) is 14.4 Å². The summed E-state index contributed by atoms with van der Waals surface area (Å²) in [4.78, 5) is 38.7. The molecule has 1 atom stereocenters. The SMILES string of the molecule is COc1ccc(-c2nnc(NC3(c4cc(Cl)c5c(c4)C(=O)N(C4CCC(=O)NC4=O)C5)CC3)o2)c(C)c1. The number of piperidine rings is 1. The van der Waals surface area contributed by atoms with Gasteiger partial charge in [0.15, 0.2) is 0 Å². The lowest BCUT2D eigenvalue weighted by molar-refractivity contribution is -0.136. The van der Waals surface area contributed by atoms with Crippen LogP contribution in [0.15, 0.2) is 34.7 Å². The molecule has 2 N–H and O–H groups in total. The Morgan fingerprint density at radius 3 is 2.68 bits per heavy atom. The monoisotopic (exact) mass is 521 g/mol. The first kappa shape index (κ1) is 23.5. The van der Waals surface area contributed by atoms with Gasteiger partial charge >= 0.3 is 6.01 Å². The second kappa shape index (κ2) is 8.58. The summed E-state index contributed by atoms with van der Waals surface area (Å²) in [6.07, 6.45) is 2.09. The standard InChI is InChI=1S/C26H24ClN5O5/c1-13-9-15(36-2)3-4-16(13)23-30-31-25(37-23)29-26(7-8-26)14-10-17-18(19(27)11-14)12-32(24(17)35)20-5-6-21(33)28-22(20)34/h3-4,9-11,20H,5-8,12H2,1-2H3,(H,29,31)(H,28,33,34). The van der Waals surface area contributed by atoms with E-state index in [1.54, 1.807) is 7.11 Å². The van der Waals surface area contributed by atoms with Crippen LogP contribution in [0.1, 0.15) is 52.7 Å². The maximum Gasteiger partial charge on any atom is 0.316 e. The van der Waals surface area contributed by atoms with E-state index in [-0.39, 0.29) is 30.8 Å². The van der Waals surface area contributed by atoms with Gasteiger partial charge in [-0.15, -0.1) is 5.10 Å². The highest BCUT2D eigenvalue weighted by Gasteiger charge is 2.48. The molecule has 0 bridgehead atoms. The molecule has 190 valence electrons. The molecule has 10 nitrogen and oxygen atoms in total. The molecule has 2 aromatic carbocycles. The number of halogens is 1. The molecule has 6 rings (SSSR count). The third kappa shape index (κ3) is 4.01. The van der Waals surface area contributed by atoms with Gasteiger partial charge in [0, 0.05) is 34.7 Å². The number of nitrogens with zero attached hydrogens (tertiary/aromatic N) is 3. The number of aryl methyl sites for hydroxylation is 1. The van der Waals surface area contributed by atoms with Crippen LogP contribution in [0.25, 0.3) is 11.5 Å². The number of rotatable bonds is 6. The van der Waals surface area contributed by atoms with Crippen LogP contribution in [0.3, 0.4) is 0 Å². The second-order valence-electron chi connectivity index (χ2n) is 9.68. The highest BCUT2D eigenvalue weighted by atomic mass is 35.5. The summed E-state index contributed by atoms with van der Waals surface area (Å²) in [5.74, 6) is 0.0991. The van der Waals surface area contributed by atoms with Gasteiger partial charge in [-0.25, -0.2) is 0 Å². The van der Waals surface area contributed by atoms with Crippen LogP contribution < -0.4 is 15.4 Å². The lowest BCUT2D eigenvalue weighted by atomic mass is 9.99. The Kier molecular flexibility index (Phi) is 5.45. The number of imide groups is 1. The summed E-state index contributed by atoms with van der Waals surface area (Å²) in [6, 6.07) is 8.88. The fraction of sp³-hybridized carbons (Fsp3) is 0.346. The van der Waals surface area contributed by atoms with Gasteiger partial charge in [-0.1, -0.05) is 16.7 Å². The number of benzene rings is 2. The highest BCUT2D eigenvalue weighted by molar-refractivity contribution is 6.32. The summed E-state index contributed by atoms with van der Waals surface area (Å²) < 4.78 is 11.2. The van der Waals surface area contributed by atoms with Crippen LogP contribution in [-0.2, 0) is 21.7 Å². The normalized spacial score (nSPS) is 20.0. The van der Waals surface area contributed by atoms with Gasteiger partial charge in [0.25, 0.3) is 5.91 Å². The fourth-order valence-corrected chi connectivity index (χ4v) is 5.37. The largest absolute Gasteiger partial charge is 0.497 e. The molecule has 3 amide bonds. The third-order valence-corrected chi connectivity index (χ3v) is 7.68. The van der Waals surface area contributed by atoms with E-state index in [2.05, 4.69) is 20.8 Å². The number of nitrogens with one attached hydrogen (secondary N) is 2. The zero-order valence-corrected chi connectivity index (χ0v) is 21.0. The van der Waals surface area contributed by atoms with Crippen molar-refractivity contribution in [1.29, 1.82) is 0 Å². The first-order valence-corrected chi connectivity index (χ1v) is 12.4. The zero-order chi connectivity index (χ0) is 25.9. The van der Waals surface area contributed by atoms with Crippen molar-refractivity contribution < 1.29 is 23.5 Å². The second-order valence-corrected chi connectivity index (χ2v) is 10.1. The molecule has 1 saturated heterocycles. The Balaban J connectivity index is 1.24. The van der Waals surface area contributed by atoms with Gasteiger partial charge in [0.05, 0.1) is 12.6 Å². The molecule has 37 heavy (non-hydrogen) atoms. The van der Waals surface area contributed by atoms with Crippen LogP contribution in [0.2, 0.25) is 5.02 Å². The average molecular weight is 522 g/mol. The van der Waals surface area contributed by atoms with Crippen LogP contribution >= 0.6 is 11.6 Å². The lowest BCUT2D eigenvalue weighted by Crippen LogP contribution is -2.52. The molecule has 0 spiro atoms. The van der Waals surface area contributed by atoms with Crippen molar-refractivity contribution in [2.24, 2.45) is 0 Å². The van der Waals surface area contributed by atoms with Crippen LogP contribution in [0, 0.1) is 6.92 Å². The number of methoxy groups -OCH3 is 1. The molecular formula is C26H24ClN5O5. The Labute approximate surface area is 217 Å². The van der Waals surface area contributed by atoms with Crippen molar-refractivity contribution in [3.05, 3.63) is 57.6 Å². The average Bonchev–Trinajstić information content (AvgIpc) is 3.38. The quantitative estimate of drug-likeness (QED) is 0.471. The Bertz CT molecular complexity index is 1460. The summed E-state index contributed by atoms with van der Waals surface area (Å²) in [7, 11) is 1.61. The smallest absolute Gasteiger partial charge is 0.316 e. The number of fused-ring (bicyclic) bond motifs is 1. The summed E-state index contributed by atoms with van der Waals surface area (Å²) in [6.45, 7) is 2.17. The van der Waals surface area contributed by atoms with Crippen molar-refractivity contribution in [1.82, 2.24) is 20.4 Å². The number of aromatic nitrogens is 2. The molecule has 3 heterocycles. The van der Waals surface area contributed by atoms with E-state index in [4.69, 9.17) is 20.8 Å². The molecule has 11 heteroatoms. The molecule has 1 unspecified atom stereocenters. The van der Waals surface area contributed by atoms with E-state index in [1.807, 2.05) is 37.3 Å². The van der Waals surface area contributed by atoms with Crippen molar-refractivity contribution in [2.75, 3.05) is 12.4 Å². The van der Waals surface area contributed by atoms with E-state index < -0.39 is 17.5 Å². The van der Waals surface area contributed by atoms with Crippen molar-refractivity contribution in [3.8, 4) is 17.2 Å². The first-order chi connectivity index (χ1) is 17.8. The predicted octanol–water partition coefficient (Wildman–Crippen LogP) is 3.57. The summed E-state index contributed by atoms with van der Waals surface area (Å²) in [5, 5.41) is 14.5. The lowest BCUT2D eigenvalue weighted by Gasteiger charge is -2.29. The number of hydrogen-bond donors (Lipinski definition) is 2.